The lowest BCUT2D eigenvalue weighted by Gasteiger charge is -2.04. The molecule has 1 heterocycles. The van der Waals surface area contributed by atoms with E-state index in [1.165, 1.54) is 0 Å². The van der Waals surface area contributed by atoms with Crippen molar-refractivity contribution in [2.45, 2.75) is 12.8 Å². The van der Waals surface area contributed by atoms with E-state index in [4.69, 9.17) is 23.2 Å². The fourth-order valence-corrected chi connectivity index (χ4v) is 2.39. The summed E-state index contributed by atoms with van der Waals surface area (Å²) in [4.78, 5) is 4.57. The van der Waals surface area contributed by atoms with Crippen LogP contribution >= 0.6 is 23.2 Å². The van der Waals surface area contributed by atoms with Gasteiger partial charge < -0.3 is 0 Å². The molecule has 110 valence electrons. The Balaban J connectivity index is 1.74. The number of hydrogen-bond donors (Lipinski definition) is 0. The van der Waals surface area contributed by atoms with Crippen LogP contribution in [0.2, 0.25) is 10.0 Å². The van der Waals surface area contributed by atoms with Gasteiger partial charge in [-0.1, -0.05) is 47.5 Å². The van der Waals surface area contributed by atoms with Crippen molar-refractivity contribution in [1.82, 2.24) is 15.2 Å². The zero-order chi connectivity index (χ0) is 15.4. The number of aromatic nitrogens is 3. The Morgan fingerprint density at radius 3 is 1.86 bits per heavy atom. The van der Waals surface area contributed by atoms with Crippen LogP contribution in [0.3, 0.4) is 0 Å². The highest BCUT2D eigenvalue weighted by molar-refractivity contribution is 6.30. The first-order chi connectivity index (χ1) is 10.7. The van der Waals surface area contributed by atoms with Gasteiger partial charge in [-0.3, -0.25) is 0 Å². The van der Waals surface area contributed by atoms with Gasteiger partial charge in [-0.05, 0) is 35.4 Å². The standard InChI is InChI=1S/C17H13Cl2N3/c18-14-5-1-12(2-6-14)9-16-11-20-22-17(21-16)10-13-3-7-15(19)8-4-13/h1-8,11H,9-10H2. The van der Waals surface area contributed by atoms with E-state index < -0.39 is 0 Å². The van der Waals surface area contributed by atoms with E-state index in [0.717, 1.165) is 26.9 Å². The first kappa shape index (κ1) is 14.9. The highest BCUT2D eigenvalue weighted by Gasteiger charge is 2.04. The molecule has 22 heavy (non-hydrogen) atoms. The maximum Gasteiger partial charge on any atom is 0.155 e. The molecule has 0 saturated carbocycles. The Kier molecular flexibility index (Phi) is 4.66. The Morgan fingerprint density at radius 1 is 0.727 bits per heavy atom. The van der Waals surface area contributed by atoms with Crippen molar-refractivity contribution in [2.75, 3.05) is 0 Å². The predicted octanol–water partition coefficient (Wildman–Crippen LogP) is 4.36. The molecule has 0 saturated heterocycles. The minimum absolute atomic E-state index is 0.638. The fraction of sp³-hybridized carbons (Fsp3) is 0.118. The SMILES string of the molecule is Clc1ccc(Cc2cnnc(Cc3ccc(Cl)cc3)n2)cc1. The second-order valence-corrected chi connectivity index (χ2v) is 5.84. The van der Waals surface area contributed by atoms with Crippen LogP contribution in [-0.4, -0.2) is 15.2 Å². The summed E-state index contributed by atoms with van der Waals surface area (Å²) < 4.78 is 0. The van der Waals surface area contributed by atoms with Crippen molar-refractivity contribution in [2.24, 2.45) is 0 Å². The van der Waals surface area contributed by atoms with Crippen LogP contribution in [0.15, 0.2) is 54.7 Å². The van der Waals surface area contributed by atoms with Gasteiger partial charge in [-0.2, -0.15) is 5.10 Å². The maximum atomic E-state index is 5.89. The normalized spacial score (nSPS) is 10.6. The van der Waals surface area contributed by atoms with Gasteiger partial charge in [-0.15, -0.1) is 5.10 Å². The van der Waals surface area contributed by atoms with E-state index in [1.54, 1.807) is 6.20 Å². The van der Waals surface area contributed by atoms with E-state index >= 15 is 0 Å². The van der Waals surface area contributed by atoms with Gasteiger partial charge in [0, 0.05) is 22.9 Å². The summed E-state index contributed by atoms with van der Waals surface area (Å²) in [6.45, 7) is 0. The molecule has 0 spiro atoms. The lowest BCUT2D eigenvalue weighted by molar-refractivity contribution is 0.828. The molecule has 3 nitrogen and oxygen atoms in total. The third-order valence-electron chi connectivity index (χ3n) is 3.23. The third-order valence-corrected chi connectivity index (χ3v) is 3.73. The zero-order valence-corrected chi connectivity index (χ0v) is 13.2. The first-order valence-electron chi connectivity index (χ1n) is 6.85. The first-order valence-corrected chi connectivity index (χ1v) is 7.61. The lowest BCUT2D eigenvalue weighted by Crippen LogP contribution is -2.03. The number of nitrogens with zero attached hydrogens (tertiary/aromatic N) is 3. The molecule has 0 aliphatic rings. The van der Waals surface area contributed by atoms with Crippen LogP contribution in [-0.2, 0) is 12.8 Å². The predicted molar refractivity (Wildman–Crippen MR) is 88.3 cm³/mol. The van der Waals surface area contributed by atoms with Gasteiger partial charge >= 0.3 is 0 Å². The number of halogens is 2. The quantitative estimate of drug-likeness (QED) is 0.713. The molecule has 0 N–H and O–H groups in total. The molecule has 3 rings (SSSR count). The third kappa shape index (κ3) is 4.03. The van der Waals surface area contributed by atoms with Crippen LogP contribution in [0.4, 0.5) is 0 Å². The maximum absolute atomic E-state index is 5.89. The summed E-state index contributed by atoms with van der Waals surface area (Å²) in [7, 11) is 0. The Hall–Kier alpha value is -1.97. The fourth-order valence-electron chi connectivity index (χ4n) is 2.14. The topological polar surface area (TPSA) is 38.7 Å². The van der Waals surface area contributed by atoms with Crippen molar-refractivity contribution >= 4 is 23.2 Å². The van der Waals surface area contributed by atoms with Gasteiger partial charge in [0.05, 0.1) is 11.9 Å². The lowest BCUT2D eigenvalue weighted by atomic mass is 10.1. The molecule has 2 aromatic carbocycles. The Labute approximate surface area is 139 Å². The van der Waals surface area contributed by atoms with Gasteiger partial charge in [0.1, 0.15) is 0 Å². The smallest absolute Gasteiger partial charge is 0.155 e. The average molecular weight is 330 g/mol. The van der Waals surface area contributed by atoms with Crippen molar-refractivity contribution < 1.29 is 0 Å². The highest BCUT2D eigenvalue weighted by Crippen LogP contribution is 2.14. The number of hydrogen-bond acceptors (Lipinski definition) is 3. The summed E-state index contributed by atoms with van der Waals surface area (Å²) in [6, 6.07) is 15.4. The van der Waals surface area contributed by atoms with Crippen molar-refractivity contribution in [3.8, 4) is 0 Å². The van der Waals surface area contributed by atoms with Crippen molar-refractivity contribution in [3.63, 3.8) is 0 Å². The number of benzene rings is 2. The molecular formula is C17H13Cl2N3. The van der Waals surface area contributed by atoms with Gasteiger partial charge in [0.15, 0.2) is 5.82 Å². The molecule has 0 unspecified atom stereocenters. The summed E-state index contributed by atoms with van der Waals surface area (Å²) in [6.07, 6.45) is 3.04. The molecule has 0 atom stereocenters. The van der Waals surface area contributed by atoms with Crippen LogP contribution in [0.5, 0.6) is 0 Å². The number of rotatable bonds is 4. The monoisotopic (exact) mass is 329 g/mol. The van der Waals surface area contributed by atoms with E-state index in [2.05, 4.69) is 15.2 Å². The van der Waals surface area contributed by atoms with Crippen LogP contribution in [0, 0.1) is 0 Å². The Bertz CT molecular complexity index is 693. The summed E-state index contributed by atoms with van der Waals surface area (Å²) in [5.74, 6) is 0.703. The van der Waals surface area contributed by atoms with Crippen LogP contribution in [0.25, 0.3) is 0 Å². The zero-order valence-electron chi connectivity index (χ0n) is 11.7. The van der Waals surface area contributed by atoms with Gasteiger partial charge in [0.25, 0.3) is 0 Å². The molecule has 3 aromatic rings. The summed E-state index contributed by atoms with van der Waals surface area (Å²) in [5.41, 5.74) is 3.14. The largest absolute Gasteiger partial charge is 0.234 e. The van der Waals surface area contributed by atoms with E-state index in [9.17, 15) is 0 Å². The minimum Gasteiger partial charge on any atom is -0.234 e. The van der Waals surface area contributed by atoms with E-state index in [1.807, 2.05) is 48.5 Å². The molecule has 0 aliphatic carbocycles. The molecule has 0 aliphatic heterocycles. The Morgan fingerprint density at radius 2 is 1.27 bits per heavy atom. The minimum atomic E-state index is 0.638. The van der Waals surface area contributed by atoms with E-state index in [-0.39, 0.29) is 0 Å². The van der Waals surface area contributed by atoms with Gasteiger partial charge in [0.2, 0.25) is 0 Å². The molecule has 0 amide bonds. The van der Waals surface area contributed by atoms with Gasteiger partial charge in [-0.25, -0.2) is 4.98 Å². The summed E-state index contributed by atoms with van der Waals surface area (Å²) >= 11 is 11.8. The second-order valence-electron chi connectivity index (χ2n) is 4.97. The highest BCUT2D eigenvalue weighted by atomic mass is 35.5. The molecule has 5 heteroatoms. The molecule has 0 fully saturated rings. The molecule has 0 bridgehead atoms. The molecule has 0 radical (unpaired) electrons. The second kappa shape index (κ2) is 6.86. The molecule has 1 aromatic heterocycles. The molecular weight excluding hydrogens is 317 g/mol. The average Bonchev–Trinajstić information content (AvgIpc) is 2.52. The summed E-state index contributed by atoms with van der Waals surface area (Å²) in [5, 5.41) is 9.60. The van der Waals surface area contributed by atoms with Crippen LogP contribution < -0.4 is 0 Å². The van der Waals surface area contributed by atoms with E-state index in [0.29, 0.717) is 18.7 Å². The van der Waals surface area contributed by atoms with Crippen LogP contribution in [0.1, 0.15) is 22.6 Å². The van der Waals surface area contributed by atoms with Crippen molar-refractivity contribution in [3.05, 3.63) is 87.4 Å². The van der Waals surface area contributed by atoms with Crippen molar-refractivity contribution in [1.29, 1.82) is 0 Å².